The zero-order valence-electron chi connectivity index (χ0n) is 19.6. The van der Waals surface area contributed by atoms with Gasteiger partial charge in [0.15, 0.2) is 0 Å². The van der Waals surface area contributed by atoms with E-state index in [1.165, 1.54) is 0 Å². The number of benzene rings is 2. The van der Waals surface area contributed by atoms with Gasteiger partial charge < -0.3 is 14.7 Å². The van der Waals surface area contributed by atoms with Gasteiger partial charge in [0.05, 0.1) is 29.9 Å². The first kappa shape index (κ1) is 23.4. The fourth-order valence-electron chi connectivity index (χ4n) is 4.12. The summed E-state index contributed by atoms with van der Waals surface area (Å²) in [7, 11) is 0. The number of rotatable bonds is 6. The van der Waals surface area contributed by atoms with Gasteiger partial charge in [0, 0.05) is 36.1 Å². The number of hydrogen-bond donors (Lipinski definition) is 1. The molecule has 1 aliphatic heterocycles. The topological polar surface area (TPSA) is 75.6 Å². The highest BCUT2D eigenvalue weighted by Gasteiger charge is 2.18. The van der Waals surface area contributed by atoms with E-state index in [1.807, 2.05) is 59.5 Å². The summed E-state index contributed by atoms with van der Waals surface area (Å²) in [5.41, 5.74) is 4.62. The average Bonchev–Trinajstić information content (AvgIpc) is 3.40. The molecule has 2 aromatic carbocycles. The molecule has 178 valence electrons. The molecule has 1 atom stereocenters. The lowest BCUT2D eigenvalue weighted by Gasteiger charge is -2.26. The van der Waals surface area contributed by atoms with E-state index in [2.05, 4.69) is 17.1 Å². The molecule has 1 amide bonds. The van der Waals surface area contributed by atoms with Crippen molar-refractivity contribution in [3.8, 4) is 21.0 Å². The molecule has 0 spiro atoms. The fraction of sp³-hybridized carbons (Fsp3) is 0.250. The van der Waals surface area contributed by atoms with Crippen molar-refractivity contribution >= 4 is 17.2 Å². The third-order valence-corrected chi connectivity index (χ3v) is 7.23. The van der Waals surface area contributed by atoms with E-state index in [9.17, 15) is 9.90 Å². The third-order valence-electron chi connectivity index (χ3n) is 6.07. The van der Waals surface area contributed by atoms with Crippen LogP contribution in [-0.2, 0) is 11.2 Å². The number of thiophene rings is 1. The smallest absolute Gasteiger partial charge is 0.254 e. The minimum atomic E-state index is -0.502. The second-order valence-electron chi connectivity index (χ2n) is 8.60. The van der Waals surface area contributed by atoms with E-state index in [0.29, 0.717) is 38.3 Å². The van der Waals surface area contributed by atoms with Crippen molar-refractivity contribution in [3.63, 3.8) is 0 Å². The third kappa shape index (κ3) is 5.48. The number of aromatic nitrogens is 2. The number of aliphatic hydroxyl groups is 1. The molecule has 35 heavy (non-hydrogen) atoms. The van der Waals surface area contributed by atoms with E-state index in [1.54, 1.807) is 24.5 Å². The summed E-state index contributed by atoms with van der Waals surface area (Å²) in [4.78, 5) is 26.0. The van der Waals surface area contributed by atoms with Crippen molar-refractivity contribution in [3.05, 3.63) is 95.4 Å². The molecule has 0 bridgehead atoms. The molecule has 1 aliphatic rings. The number of ether oxygens (including phenoxy) is 1. The Bertz CT molecular complexity index is 1310. The molecule has 0 radical (unpaired) electrons. The van der Waals surface area contributed by atoms with Gasteiger partial charge >= 0.3 is 0 Å². The van der Waals surface area contributed by atoms with Crippen LogP contribution in [0.4, 0.5) is 0 Å². The van der Waals surface area contributed by atoms with E-state index in [4.69, 9.17) is 9.72 Å². The number of amides is 1. The minimum Gasteiger partial charge on any atom is -0.389 e. The van der Waals surface area contributed by atoms with Crippen LogP contribution in [0.1, 0.15) is 40.3 Å². The van der Waals surface area contributed by atoms with Gasteiger partial charge in [-0.3, -0.25) is 4.79 Å². The van der Waals surface area contributed by atoms with Gasteiger partial charge in [-0.05, 0) is 53.9 Å². The maximum absolute atomic E-state index is 12.7. The molecule has 0 aliphatic carbocycles. The first-order valence-corrected chi connectivity index (χ1v) is 12.5. The minimum absolute atomic E-state index is 0.0548. The van der Waals surface area contributed by atoms with Crippen LogP contribution < -0.4 is 0 Å². The van der Waals surface area contributed by atoms with E-state index < -0.39 is 6.10 Å². The van der Waals surface area contributed by atoms with Crippen molar-refractivity contribution in [2.75, 3.05) is 26.3 Å². The van der Waals surface area contributed by atoms with Crippen molar-refractivity contribution < 1.29 is 14.6 Å². The van der Waals surface area contributed by atoms with E-state index in [0.717, 1.165) is 38.0 Å². The number of carbonyl (C=O) groups excluding carboxylic acids is 1. The lowest BCUT2D eigenvalue weighted by molar-refractivity contribution is 0.0303. The van der Waals surface area contributed by atoms with Crippen LogP contribution in [0.25, 0.3) is 21.0 Å². The van der Waals surface area contributed by atoms with Crippen LogP contribution in [-0.4, -0.2) is 52.2 Å². The van der Waals surface area contributed by atoms with Gasteiger partial charge in [0.25, 0.3) is 5.91 Å². The second-order valence-corrected chi connectivity index (χ2v) is 9.69. The second kappa shape index (κ2) is 10.5. The van der Waals surface area contributed by atoms with Gasteiger partial charge in [-0.25, -0.2) is 9.97 Å². The molecular weight excluding hydrogens is 458 g/mol. The highest BCUT2D eigenvalue weighted by atomic mass is 32.1. The zero-order valence-corrected chi connectivity index (χ0v) is 20.4. The summed E-state index contributed by atoms with van der Waals surface area (Å²) >= 11 is 1.67. The SMILES string of the molecule is CC(O)c1cccc(Cc2nccc(-c3ccc(-c4ccc(C(=O)N5CCOCC5)cc4)s3)n2)c1. The lowest BCUT2D eigenvalue weighted by atomic mass is 10.0. The Balaban J connectivity index is 1.30. The van der Waals surface area contributed by atoms with Crippen LogP contribution in [0.5, 0.6) is 0 Å². The van der Waals surface area contributed by atoms with E-state index in [-0.39, 0.29) is 5.91 Å². The molecule has 1 N–H and O–H groups in total. The monoisotopic (exact) mass is 485 g/mol. The lowest BCUT2D eigenvalue weighted by Crippen LogP contribution is -2.40. The molecule has 2 aromatic heterocycles. The standard InChI is InChI=1S/C28H27N3O3S/c1-19(32)23-4-2-3-20(17-23)18-27-29-12-11-24(30-27)26-10-9-25(35-26)21-5-7-22(8-6-21)28(33)31-13-15-34-16-14-31/h2-12,17,19,32H,13-16,18H2,1H3. The van der Waals surface area contributed by atoms with Crippen molar-refractivity contribution in [1.82, 2.24) is 14.9 Å². The molecule has 3 heterocycles. The summed E-state index contributed by atoms with van der Waals surface area (Å²) in [6, 6.07) is 21.8. The summed E-state index contributed by atoms with van der Waals surface area (Å²) in [6.07, 6.45) is 1.89. The summed E-state index contributed by atoms with van der Waals surface area (Å²) in [5, 5.41) is 9.85. The van der Waals surface area contributed by atoms with Crippen LogP contribution >= 0.6 is 11.3 Å². The van der Waals surface area contributed by atoms with Crippen LogP contribution in [0.15, 0.2) is 72.9 Å². The Kier molecular flexibility index (Phi) is 6.99. The number of morpholine rings is 1. The Labute approximate surface area is 208 Å². The molecule has 1 fully saturated rings. The van der Waals surface area contributed by atoms with Crippen molar-refractivity contribution in [2.24, 2.45) is 0 Å². The highest BCUT2D eigenvalue weighted by Crippen LogP contribution is 2.34. The van der Waals surface area contributed by atoms with Crippen LogP contribution in [0.3, 0.4) is 0 Å². The maximum atomic E-state index is 12.7. The van der Waals surface area contributed by atoms with Gasteiger partial charge in [-0.15, -0.1) is 11.3 Å². The predicted octanol–water partition coefficient (Wildman–Crippen LogP) is 4.99. The van der Waals surface area contributed by atoms with Gasteiger partial charge in [-0.1, -0.05) is 36.4 Å². The molecular formula is C28H27N3O3S. The molecule has 1 unspecified atom stereocenters. The Morgan fingerprint density at radius 3 is 2.60 bits per heavy atom. The van der Waals surface area contributed by atoms with Crippen molar-refractivity contribution in [1.29, 1.82) is 0 Å². The largest absolute Gasteiger partial charge is 0.389 e. The van der Waals surface area contributed by atoms with Crippen LogP contribution in [0.2, 0.25) is 0 Å². The average molecular weight is 486 g/mol. The zero-order chi connectivity index (χ0) is 24.2. The first-order chi connectivity index (χ1) is 17.1. The molecule has 4 aromatic rings. The normalized spacial score (nSPS) is 14.6. The van der Waals surface area contributed by atoms with Crippen LogP contribution in [0, 0.1) is 0 Å². The predicted molar refractivity (Wildman–Crippen MR) is 137 cm³/mol. The molecule has 0 saturated carbocycles. The van der Waals surface area contributed by atoms with Gasteiger partial charge in [0.2, 0.25) is 0 Å². The quantitative estimate of drug-likeness (QED) is 0.417. The van der Waals surface area contributed by atoms with Crippen molar-refractivity contribution in [2.45, 2.75) is 19.4 Å². The molecule has 1 saturated heterocycles. The van der Waals surface area contributed by atoms with Gasteiger partial charge in [-0.2, -0.15) is 0 Å². The highest BCUT2D eigenvalue weighted by molar-refractivity contribution is 7.18. The Morgan fingerprint density at radius 2 is 1.83 bits per heavy atom. The first-order valence-electron chi connectivity index (χ1n) is 11.7. The molecule has 5 rings (SSSR count). The Hall–Kier alpha value is -3.39. The summed E-state index contributed by atoms with van der Waals surface area (Å²) in [5.74, 6) is 0.797. The summed E-state index contributed by atoms with van der Waals surface area (Å²) < 4.78 is 5.34. The number of aliphatic hydroxyl groups excluding tert-OH is 1. The number of nitrogens with zero attached hydrogens (tertiary/aromatic N) is 3. The maximum Gasteiger partial charge on any atom is 0.254 e. The number of hydrogen-bond acceptors (Lipinski definition) is 6. The summed E-state index contributed by atoms with van der Waals surface area (Å²) in [6.45, 7) is 4.24. The molecule has 7 heteroatoms. The number of carbonyl (C=O) groups is 1. The molecule has 6 nitrogen and oxygen atoms in total. The van der Waals surface area contributed by atoms with Gasteiger partial charge in [0.1, 0.15) is 5.82 Å². The van der Waals surface area contributed by atoms with E-state index >= 15 is 0 Å². The Morgan fingerprint density at radius 1 is 1.06 bits per heavy atom. The fourth-order valence-corrected chi connectivity index (χ4v) is 5.11.